The molecule has 0 saturated carbocycles. The summed E-state index contributed by atoms with van der Waals surface area (Å²) in [6, 6.07) is 20.1. The van der Waals surface area contributed by atoms with Gasteiger partial charge in [-0.05, 0) is 17.7 Å². The smallest absolute Gasteiger partial charge is 0.240 e. The first-order valence-electron chi connectivity index (χ1n) is 8.00. The zero-order valence-corrected chi connectivity index (χ0v) is 13.4. The van der Waals surface area contributed by atoms with Gasteiger partial charge in [-0.15, -0.1) is 0 Å². The maximum Gasteiger partial charge on any atom is 0.240 e. The summed E-state index contributed by atoms with van der Waals surface area (Å²) >= 11 is 0. The number of hydrogen-bond acceptors (Lipinski definition) is 3. The first-order valence-corrected chi connectivity index (χ1v) is 8.00. The third-order valence-electron chi connectivity index (χ3n) is 4.34. The average molecular weight is 315 g/mol. The maximum absolute atomic E-state index is 12.0. The largest absolute Gasteiger partial charge is 0.273 e. The molecule has 1 aliphatic rings. The van der Waals surface area contributed by atoms with Crippen molar-refractivity contribution in [2.24, 2.45) is 5.10 Å². The average Bonchev–Trinajstić information content (AvgIpc) is 3.08. The SMILES string of the molecule is CC(=O)N1N=C(c2cnc3ccccc3c2)CC1c1ccccc1. The molecule has 4 heteroatoms. The van der Waals surface area contributed by atoms with Crippen LogP contribution in [0, 0.1) is 0 Å². The monoisotopic (exact) mass is 315 g/mol. The van der Waals surface area contributed by atoms with Gasteiger partial charge in [0, 0.05) is 30.5 Å². The van der Waals surface area contributed by atoms with Crippen LogP contribution in [0.5, 0.6) is 0 Å². The zero-order valence-electron chi connectivity index (χ0n) is 13.4. The van der Waals surface area contributed by atoms with Crippen molar-refractivity contribution in [1.82, 2.24) is 9.99 Å². The number of hydrogen-bond donors (Lipinski definition) is 0. The summed E-state index contributed by atoms with van der Waals surface area (Å²) in [6.07, 6.45) is 2.54. The molecule has 1 atom stereocenters. The van der Waals surface area contributed by atoms with Crippen molar-refractivity contribution in [3.05, 3.63) is 78.0 Å². The van der Waals surface area contributed by atoms with Crippen LogP contribution in [0.15, 0.2) is 72.0 Å². The van der Waals surface area contributed by atoms with Crippen molar-refractivity contribution in [2.45, 2.75) is 19.4 Å². The summed E-state index contributed by atoms with van der Waals surface area (Å²) in [7, 11) is 0. The van der Waals surface area contributed by atoms with E-state index in [2.05, 4.69) is 16.2 Å². The lowest BCUT2D eigenvalue weighted by Gasteiger charge is -2.20. The van der Waals surface area contributed by atoms with Crippen LogP contribution in [0.1, 0.15) is 30.5 Å². The van der Waals surface area contributed by atoms with Gasteiger partial charge < -0.3 is 0 Å². The maximum atomic E-state index is 12.0. The summed E-state index contributed by atoms with van der Waals surface area (Å²) in [5, 5.41) is 7.24. The van der Waals surface area contributed by atoms with E-state index < -0.39 is 0 Å². The molecular weight excluding hydrogens is 298 g/mol. The van der Waals surface area contributed by atoms with Gasteiger partial charge in [-0.2, -0.15) is 5.10 Å². The first kappa shape index (κ1) is 14.6. The van der Waals surface area contributed by atoms with Crippen LogP contribution in [-0.4, -0.2) is 21.6 Å². The van der Waals surface area contributed by atoms with E-state index in [1.807, 2.05) is 60.8 Å². The fourth-order valence-electron chi connectivity index (χ4n) is 3.14. The molecular formula is C20H17N3O. The number of carbonyl (C=O) groups is 1. The molecule has 1 aliphatic heterocycles. The molecule has 1 aromatic heterocycles. The van der Waals surface area contributed by atoms with Crippen LogP contribution in [0.2, 0.25) is 0 Å². The number of hydrazone groups is 1. The van der Waals surface area contributed by atoms with Gasteiger partial charge in [0.25, 0.3) is 0 Å². The molecule has 0 saturated heterocycles. The van der Waals surface area contributed by atoms with Gasteiger partial charge in [0.2, 0.25) is 5.91 Å². The molecule has 4 nitrogen and oxygen atoms in total. The number of fused-ring (bicyclic) bond motifs is 1. The van der Waals surface area contributed by atoms with Crippen molar-refractivity contribution in [3.63, 3.8) is 0 Å². The van der Waals surface area contributed by atoms with E-state index in [0.29, 0.717) is 6.42 Å². The molecule has 118 valence electrons. The summed E-state index contributed by atoms with van der Waals surface area (Å²) in [4.78, 5) is 16.5. The van der Waals surface area contributed by atoms with Gasteiger partial charge in [-0.25, -0.2) is 5.01 Å². The highest BCUT2D eigenvalue weighted by molar-refractivity contribution is 6.04. The Labute approximate surface area is 140 Å². The molecule has 2 aromatic carbocycles. The summed E-state index contributed by atoms with van der Waals surface area (Å²) in [6.45, 7) is 1.56. The number of pyridine rings is 1. The lowest BCUT2D eigenvalue weighted by atomic mass is 9.98. The van der Waals surface area contributed by atoms with Crippen LogP contribution in [0.4, 0.5) is 0 Å². The number of nitrogens with zero attached hydrogens (tertiary/aromatic N) is 3. The number of benzene rings is 2. The molecule has 2 heterocycles. The van der Waals surface area contributed by atoms with Gasteiger partial charge in [0.1, 0.15) is 0 Å². The van der Waals surface area contributed by atoms with Crippen molar-refractivity contribution >= 4 is 22.5 Å². The zero-order chi connectivity index (χ0) is 16.5. The van der Waals surface area contributed by atoms with E-state index in [4.69, 9.17) is 0 Å². The minimum Gasteiger partial charge on any atom is -0.273 e. The second kappa shape index (κ2) is 5.89. The van der Waals surface area contributed by atoms with Gasteiger partial charge >= 0.3 is 0 Å². The fourth-order valence-corrected chi connectivity index (χ4v) is 3.14. The molecule has 0 spiro atoms. The van der Waals surface area contributed by atoms with E-state index in [0.717, 1.165) is 27.7 Å². The second-order valence-electron chi connectivity index (χ2n) is 5.96. The van der Waals surface area contributed by atoms with Gasteiger partial charge in [-0.1, -0.05) is 48.5 Å². The summed E-state index contributed by atoms with van der Waals surface area (Å²) in [5.74, 6) is -0.0485. The minimum atomic E-state index is -0.0508. The molecule has 4 rings (SSSR count). The topological polar surface area (TPSA) is 45.6 Å². The fraction of sp³-hybridized carbons (Fsp3) is 0.150. The third kappa shape index (κ3) is 2.56. The molecule has 1 amide bonds. The summed E-state index contributed by atoms with van der Waals surface area (Å²) in [5.41, 5.74) is 3.93. The van der Waals surface area contributed by atoms with E-state index in [1.165, 1.54) is 0 Å². The Morgan fingerprint density at radius 2 is 1.83 bits per heavy atom. The van der Waals surface area contributed by atoms with Crippen molar-refractivity contribution < 1.29 is 4.79 Å². The van der Waals surface area contributed by atoms with Crippen LogP contribution < -0.4 is 0 Å². The number of rotatable bonds is 2. The van der Waals surface area contributed by atoms with Crippen LogP contribution >= 0.6 is 0 Å². The Balaban J connectivity index is 1.72. The molecule has 0 N–H and O–H groups in total. The standard InChI is InChI=1S/C20H17N3O/c1-14(24)23-20(15-7-3-2-4-8-15)12-19(22-23)17-11-16-9-5-6-10-18(16)21-13-17/h2-11,13,20H,12H2,1H3. The highest BCUT2D eigenvalue weighted by atomic mass is 16.2. The minimum absolute atomic E-state index is 0.0485. The third-order valence-corrected chi connectivity index (χ3v) is 4.34. The normalized spacial score (nSPS) is 17.1. The van der Waals surface area contributed by atoms with Gasteiger partial charge in [0.15, 0.2) is 0 Å². The molecule has 0 aliphatic carbocycles. The van der Waals surface area contributed by atoms with Gasteiger partial charge in [0.05, 0.1) is 17.3 Å². The first-order chi connectivity index (χ1) is 11.7. The van der Waals surface area contributed by atoms with Crippen LogP contribution in [-0.2, 0) is 4.79 Å². The van der Waals surface area contributed by atoms with E-state index in [9.17, 15) is 4.79 Å². The number of amides is 1. The highest BCUT2D eigenvalue weighted by Crippen LogP contribution is 2.32. The molecule has 24 heavy (non-hydrogen) atoms. The van der Waals surface area contributed by atoms with Crippen molar-refractivity contribution in [2.75, 3.05) is 0 Å². The predicted molar refractivity (Wildman–Crippen MR) is 94.6 cm³/mol. The van der Waals surface area contributed by atoms with Crippen molar-refractivity contribution in [3.8, 4) is 0 Å². The van der Waals surface area contributed by atoms with Crippen molar-refractivity contribution in [1.29, 1.82) is 0 Å². The van der Waals surface area contributed by atoms with E-state index >= 15 is 0 Å². The Hall–Kier alpha value is -3.01. The number of carbonyl (C=O) groups excluding carboxylic acids is 1. The van der Waals surface area contributed by atoms with Crippen LogP contribution in [0.25, 0.3) is 10.9 Å². The quantitative estimate of drug-likeness (QED) is 0.719. The Kier molecular flexibility index (Phi) is 3.58. The Morgan fingerprint density at radius 3 is 2.62 bits per heavy atom. The summed E-state index contributed by atoms with van der Waals surface area (Å²) < 4.78 is 0. The molecule has 0 bridgehead atoms. The second-order valence-corrected chi connectivity index (χ2v) is 5.96. The number of para-hydroxylation sites is 1. The van der Waals surface area contributed by atoms with Crippen LogP contribution in [0.3, 0.4) is 0 Å². The number of aromatic nitrogens is 1. The Morgan fingerprint density at radius 1 is 1.08 bits per heavy atom. The van der Waals surface area contributed by atoms with E-state index in [-0.39, 0.29) is 11.9 Å². The lowest BCUT2D eigenvalue weighted by Crippen LogP contribution is -2.24. The highest BCUT2D eigenvalue weighted by Gasteiger charge is 2.31. The van der Waals surface area contributed by atoms with E-state index in [1.54, 1.807) is 11.9 Å². The molecule has 0 radical (unpaired) electrons. The lowest BCUT2D eigenvalue weighted by molar-refractivity contribution is -0.130. The molecule has 0 fully saturated rings. The predicted octanol–water partition coefficient (Wildman–Crippen LogP) is 3.93. The Bertz CT molecular complexity index is 934. The van der Waals surface area contributed by atoms with Gasteiger partial charge in [-0.3, -0.25) is 9.78 Å². The molecule has 1 unspecified atom stereocenters. The molecule has 3 aromatic rings.